The molecule has 1 aliphatic rings. The lowest BCUT2D eigenvalue weighted by atomic mass is 9.77. The van der Waals surface area contributed by atoms with Crippen LogP contribution in [0.15, 0.2) is 12.1 Å². The van der Waals surface area contributed by atoms with E-state index >= 15 is 0 Å². The number of carboxylic acid groups (broad SMARTS) is 1. The number of aromatic carboxylic acids is 1. The predicted octanol–water partition coefficient (Wildman–Crippen LogP) is 3.04. The molecule has 2 rings (SSSR count). The number of carbonyl (C=O) groups is 1. The number of benzene rings is 1. The van der Waals surface area contributed by atoms with Crippen LogP contribution in [0.5, 0.6) is 5.75 Å². The van der Waals surface area contributed by atoms with Gasteiger partial charge in [-0.1, -0.05) is 19.4 Å². The first-order chi connectivity index (χ1) is 11.1. The molecule has 1 aromatic rings. The monoisotopic (exact) mass is 334 g/mol. The van der Waals surface area contributed by atoms with E-state index in [4.69, 9.17) is 14.0 Å². The zero-order valence-corrected chi connectivity index (χ0v) is 15.4. The molecule has 0 aromatic heterocycles. The molecule has 0 atom stereocenters. The minimum atomic E-state index is -0.970. The maximum atomic E-state index is 11.7. The van der Waals surface area contributed by atoms with Crippen molar-refractivity contribution in [2.24, 2.45) is 0 Å². The van der Waals surface area contributed by atoms with Gasteiger partial charge in [-0.2, -0.15) is 0 Å². The Balaban J connectivity index is 2.50. The minimum Gasteiger partial charge on any atom is -0.493 e. The van der Waals surface area contributed by atoms with Crippen LogP contribution in [0.4, 0.5) is 0 Å². The quantitative estimate of drug-likeness (QED) is 0.810. The maximum absolute atomic E-state index is 11.7. The topological polar surface area (TPSA) is 65.0 Å². The number of ether oxygens (including phenoxy) is 1. The van der Waals surface area contributed by atoms with Crippen molar-refractivity contribution in [1.29, 1.82) is 0 Å². The van der Waals surface area contributed by atoms with Crippen LogP contribution in [0, 0.1) is 0 Å². The summed E-state index contributed by atoms with van der Waals surface area (Å²) in [6.45, 7) is 12.2. The van der Waals surface area contributed by atoms with Crippen molar-refractivity contribution in [2.75, 3.05) is 6.61 Å². The fraction of sp³-hybridized carbons (Fsp3) is 0.611. The van der Waals surface area contributed by atoms with Gasteiger partial charge in [0.2, 0.25) is 0 Å². The number of hydrogen-bond donors (Lipinski definition) is 1. The van der Waals surface area contributed by atoms with Gasteiger partial charge in [0.1, 0.15) is 11.3 Å². The third-order valence-corrected chi connectivity index (χ3v) is 4.76. The molecule has 0 radical (unpaired) electrons. The molecule has 0 unspecified atom stereocenters. The average molecular weight is 334 g/mol. The van der Waals surface area contributed by atoms with Gasteiger partial charge in [0.25, 0.3) is 0 Å². The molecule has 1 heterocycles. The van der Waals surface area contributed by atoms with E-state index < -0.39 is 24.3 Å². The Labute approximate surface area is 144 Å². The summed E-state index contributed by atoms with van der Waals surface area (Å²) in [6, 6.07) is 3.60. The zero-order valence-electron chi connectivity index (χ0n) is 15.4. The van der Waals surface area contributed by atoms with Crippen LogP contribution in [0.25, 0.3) is 0 Å². The van der Waals surface area contributed by atoms with E-state index in [1.165, 1.54) is 0 Å². The second kappa shape index (κ2) is 6.77. The summed E-state index contributed by atoms with van der Waals surface area (Å²) >= 11 is 0. The molecule has 0 spiro atoms. The number of hydrogen-bond acceptors (Lipinski definition) is 4. The van der Waals surface area contributed by atoms with Crippen molar-refractivity contribution in [3.05, 3.63) is 23.3 Å². The molecular weight excluding hydrogens is 307 g/mol. The maximum Gasteiger partial charge on any atom is 0.494 e. The molecule has 24 heavy (non-hydrogen) atoms. The van der Waals surface area contributed by atoms with Crippen molar-refractivity contribution in [3.8, 4) is 5.75 Å². The third kappa shape index (κ3) is 3.45. The number of rotatable bonds is 6. The summed E-state index contributed by atoms with van der Waals surface area (Å²) < 4.78 is 17.8. The van der Waals surface area contributed by atoms with Gasteiger partial charge in [0.05, 0.1) is 17.8 Å². The second-order valence-electron chi connectivity index (χ2n) is 7.13. The highest BCUT2D eigenvalue weighted by atomic mass is 16.7. The zero-order chi connectivity index (χ0) is 18.1. The van der Waals surface area contributed by atoms with Crippen LogP contribution in [-0.4, -0.2) is 36.0 Å². The molecule has 0 saturated carbocycles. The molecular formula is C18H27BO5. The van der Waals surface area contributed by atoms with E-state index in [1.54, 1.807) is 6.07 Å². The van der Waals surface area contributed by atoms with E-state index in [-0.39, 0.29) is 5.56 Å². The summed E-state index contributed by atoms with van der Waals surface area (Å²) in [7, 11) is -0.535. The first kappa shape index (κ1) is 18.8. The highest BCUT2D eigenvalue weighted by Gasteiger charge is 2.52. The van der Waals surface area contributed by atoms with Crippen molar-refractivity contribution in [2.45, 2.75) is 65.6 Å². The molecule has 0 aliphatic carbocycles. The Morgan fingerprint density at radius 3 is 2.21 bits per heavy atom. The fourth-order valence-corrected chi connectivity index (χ4v) is 2.79. The Hall–Kier alpha value is -1.53. The molecule has 132 valence electrons. The van der Waals surface area contributed by atoms with Gasteiger partial charge in [0.15, 0.2) is 0 Å². The Kier molecular flexibility index (Phi) is 5.30. The van der Waals surface area contributed by atoms with Crippen LogP contribution >= 0.6 is 0 Å². The van der Waals surface area contributed by atoms with Gasteiger partial charge < -0.3 is 19.2 Å². The third-order valence-electron chi connectivity index (χ3n) is 4.76. The predicted molar refractivity (Wildman–Crippen MR) is 94.3 cm³/mol. The molecule has 1 aromatic carbocycles. The van der Waals surface area contributed by atoms with Gasteiger partial charge in [0, 0.05) is 0 Å². The van der Waals surface area contributed by atoms with E-state index in [9.17, 15) is 9.90 Å². The lowest BCUT2D eigenvalue weighted by molar-refractivity contribution is 0.00578. The first-order valence-electron chi connectivity index (χ1n) is 8.51. The van der Waals surface area contributed by atoms with Crippen molar-refractivity contribution in [1.82, 2.24) is 0 Å². The molecule has 0 amide bonds. The highest BCUT2D eigenvalue weighted by Crippen LogP contribution is 2.37. The second-order valence-corrected chi connectivity index (χ2v) is 7.13. The summed E-state index contributed by atoms with van der Waals surface area (Å²) in [5.41, 5.74) is 0.893. The average Bonchev–Trinajstić information content (AvgIpc) is 2.67. The Morgan fingerprint density at radius 2 is 1.75 bits per heavy atom. The molecule has 1 fully saturated rings. The Morgan fingerprint density at radius 1 is 1.17 bits per heavy atom. The van der Waals surface area contributed by atoms with E-state index in [2.05, 4.69) is 0 Å². The van der Waals surface area contributed by atoms with E-state index in [1.807, 2.05) is 47.6 Å². The van der Waals surface area contributed by atoms with Crippen molar-refractivity contribution >= 4 is 18.6 Å². The van der Waals surface area contributed by atoms with E-state index in [0.717, 1.165) is 17.4 Å². The highest BCUT2D eigenvalue weighted by molar-refractivity contribution is 6.62. The molecule has 1 N–H and O–H groups in total. The smallest absolute Gasteiger partial charge is 0.493 e. The van der Waals surface area contributed by atoms with Gasteiger partial charge in [-0.25, -0.2) is 4.79 Å². The van der Waals surface area contributed by atoms with Gasteiger partial charge in [-0.15, -0.1) is 0 Å². The van der Waals surface area contributed by atoms with Crippen LogP contribution in [0.2, 0.25) is 0 Å². The lowest BCUT2D eigenvalue weighted by Crippen LogP contribution is -2.41. The van der Waals surface area contributed by atoms with Crippen LogP contribution in [-0.2, 0) is 15.7 Å². The first-order valence-corrected chi connectivity index (χ1v) is 8.51. The lowest BCUT2D eigenvalue weighted by Gasteiger charge is -2.32. The number of carboxylic acids is 1. The SMILES string of the molecule is CCCc1cc(B2OC(C)(C)C(C)(C)O2)cc(OCC)c1C(=O)O. The van der Waals surface area contributed by atoms with Crippen LogP contribution in [0.3, 0.4) is 0 Å². The minimum absolute atomic E-state index is 0.235. The molecule has 1 saturated heterocycles. The summed E-state index contributed by atoms with van der Waals surface area (Å²) in [5.74, 6) is -0.594. The normalized spacial score (nSPS) is 18.7. The molecule has 1 aliphatic heterocycles. The van der Waals surface area contributed by atoms with Crippen molar-refractivity contribution in [3.63, 3.8) is 0 Å². The summed E-state index contributed by atoms with van der Waals surface area (Å²) in [4.78, 5) is 11.7. The number of aryl methyl sites for hydroxylation is 1. The van der Waals surface area contributed by atoms with E-state index in [0.29, 0.717) is 18.8 Å². The van der Waals surface area contributed by atoms with Crippen LogP contribution in [0.1, 0.15) is 63.9 Å². The van der Waals surface area contributed by atoms with Gasteiger partial charge >= 0.3 is 13.1 Å². The summed E-state index contributed by atoms with van der Waals surface area (Å²) in [5, 5.41) is 9.58. The van der Waals surface area contributed by atoms with Crippen molar-refractivity contribution < 1.29 is 23.9 Å². The fourth-order valence-electron chi connectivity index (χ4n) is 2.79. The van der Waals surface area contributed by atoms with Gasteiger partial charge in [-0.05, 0) is 58.1 Å². The van der Waals surface area contributed by atoms with Crippen LogP contribution < -0.4 is 10.2 Å². The largest absolute Gasteiger partial charge is 0.494 e. The van der Waals surface area contributed by atoms with Gasteiger partial charge in [-0.3, -0.25) is 0 Å². The molecule has 6 heteroatoms. The summed E-state index contributed by atoms with van der Waals surface area (Å²) in [6.07, 6.45) is 1.51. The standard InChI is InChI=1S/C18H27BO5/c1-7-9-12-10-13(11-14(22-8-2)15(12)16(20)21)19-23-17(3,4)18(5,6)24-19/h10-11H,7-9H2,1-6H3,(H,20,21). The Bertz CT molecular complexity index is 581. The molecule has 0 bridgehead atoms. The molecule has 5 nitrogen and oxygen atoms in total.